The Labute approximate surface area is 66.7 Å². The molecule has 11 heavy (non-hydrogen) atoms. The first-order valence-electron chi connectivity index (χ1n) is 3.42. The smallest absolute Gasteiger partial charge is 0.206 e. The molecule has 0 saturated heterocycles. The van der Waals surface area contributed by atoms with E-state index in [1.165, 1.54) is 0 Å². The summed E-state index contributed by atoms with van der Waals surface area (Å²) in [7, 11) is -3.17. The van der Waals surface area contributed by atoms with Crippen LogP contribution >= 0.6 is 0 Å². The van der Waals surface area contributed by atoms with Gasteiger partial charge in [-0.05, 0) is 12.8 Å². The summed E-state index contributed by atoms with van der Waals surface area (Å²) in [5.74, 6) is 0. The van der Waals surface area contributed by atoms with Crippen LogP contribution in [0.3, 0.4) is 0 Å². The molecule has 1 rings (SSSR count). The van der Waals surface area contributed by atoms with Gasteiger partial charge in [0.15, 0.2) is 0 Å². The Balaban J connectivity index is 2.38. The van der Waals surface area contributed by atoms with E-state index in [2.05, 4.69) is 9.93 Å². The third kappa shape index (κ3) is 3.36. The van der Waals surface area contributed by atoms with Gasteiger partial charge in [-0.1, -0.05) is 6.92 Å². The molecule has 0 aromatic heterocycles. The van der Waals surface area contributed by atoms with E-state index in [9.17, 15) is 8.42 Å². The van der Waals surface area contributed by atoms with Crippen LogP contribution in [-0.4, -0.2) is 20.9 Å². The molecule has 1 N–H and O–H groups in total. The molecule has 0 heterocycles. The quantitative estimate of drug-likeness (QED) is 0.497. The van der Waals surface area contributed by atoms with E-state index in [-0.39, 0.29) is 5.41 Å². The lowest BCUT2D eigenvalue weighted by Crippen LogP contribution is -2.16. The van der Waals surface area contributed by atoms with Crippen LogP contribution in [0.2, 0.25) is 0 Å². The number of hydrazone groups is 1. The summed E-state index contributed by atoms with van der Waals surface area (Å²) in [5, 5.41) is 3.61. The van der Waals surface area contributed by atoms with Crippen molar-refractivity contribution in [3.63, 3.8) is 0 Å². The van der Waals surface area contributed by atoms with Gasteiger partial charge in [0.25, 0.3) is 0 Å². The maximum absolute atomic E-state index is 10.5. The van der Waals surface area contributed by atoms with Crippen LogP contribution in [0.25, 0.3) is 0 Å². The lowest BCUT2D eigenvalue weighted by Gasteiger charge is -1.97. The lowest BCUT2D eigenvalue weighted by atomic mass is 10.2. The Morgan fingerprint density at radius 3 is 2.45 bits per heavy atom. The van der Waals surface area contributed by atoms with E-state index in [0.717, 1.165) is 19.1 Å². The van der Waals surface area contributed by atoms with Crippen LogP contribution in [0.4, 0.5) is 0 Å². The maximum Gasteiger partial charge on any atom is 0.244 e. The molecule has 1 fully saturated rings. The standard InChI is InChI=1S/C6H12N2O2S/c1-6(3-4-6)5-7-8-11(2,9)10/h5,8H,3-4H2,1-2H3/b7-5+. The normalized spacial score (nSPS) is 22.0. The van der Waals surface area contributed by atoms with Crippen molar-refractivity contribution in [1.82, 2.24) is 4.83 Å². The predicted molar refractivity (Wildman–Crippen MR) is 43.8 cm³/mol. The monoisotopic (exact) mass is 176 g/mol. The second-order valence-corrected chi connectivity index (χ2v) is 5.00. The first-order chi connectivity index (χ1) is 4.91. The molecule has 0 bridgehead atoms. The van der Waals surface area contributed by atoms with Gasteiger partial charge in [0.2, 0.25) is 10.0 Å². The van der Waals surface area contributed by atoms with Crippen molar-refractivity contribution in [3.05, 3.63) is 0 Å². The van der Waals surface area contributed by atoms with Crippen molar-refractivity contribution in [2.75, 3.05) is 6.26 Å². The summed E-state index contributed by atoms with van der Waals surface area (Å²) < 4.78 is 21.0. The van der Waals surface area contributed by atoms with E-state index < -0.39 is 10.0 Å². The molecule has 1 aliphatic carbocycles. The minimum atomic E-state index is -3.17. The summed E-state index contributed by atoms with van der Waals surface area (Å²) in [6.07, 6.45) is 4.94. The molecule has 0 spiro atoms. The van der Waals surface area contributed by atoms with Gasteiger partial charge in [-0.15, -0.1) is 0 Å². The van der Waals surface area contributed by atoms with Crippen molar-refractivity contribution in [3.8, 4) is 0 Å². The first-order valence-corrected chi connectivity index (χ1v) is 5.31. The molecule has 0 radical (unpaired) electrons. The Kier molecular flexibility index (Phi) is 1.92. The third-order valence-electron chi connectivity index (χ3n) is 1.63. The van der Waals surface area contributed by atoms with E-state index in [1.807, 2.05) is 6.92 Å². The SMILES string of the molecule is CC1(/C=N/NS(C)(=O)=O)CC1. The maximum atomic E-state index is 10.5. The molecule has 5 heteroatoms. The summed E-state index contributed by atoms with van der Waals surface area (Å²) in [5.41, 5.74) is 0.150. The molecule has 1 aliphatic rings. The molecule has 1 saturated carbocycles. The van der Waals surface area contributed by atoms with Gasteiger partial charge in [-0.3, -0.25) is 0 Å². The molecular weight excluding hydrogens is 164 g/mol. The zero-order valence-corrected chi connectivity index (χ0v) is 7.48. The highest BCUT2D eigenvalue weighted by Gasteiger charge is 2.35. The number of sulfonamides is 1. The van der Waals surface area contributed by atoms with Crippen LogP contribution in [0, 0.1) is 5.41 Å². The average Bonchev–Trinajstić information content (AvgIpc) is 2.44. The fraction of sp³-hybridized carbons (Fsp3) is 0.833. The number of rotatable bonds is 3. The Bertz CT molecular complexity index is 264. The van der Waals surface area contributed by atoms with Crippen LogP contribution < -0.4 is 4.83 Å². The van der Waals surface area contributed by atoms with Crippen molar-refractivity contribution >= 4 is 16.2 Å². The van der Waals surface area contributed by atoms with Gasteiger partial charge in [-0.2, -0.15) is 5.10 Å². The summed E-state index contributed by atoms with van der Waals surface area (Å²) in [6.45, 7) is 2.04. The number of hydrogen-bond acceptors (Lipinski definition) is 3. The van der Waals surface area contributed by atoms with Crippen LogP contribution in [0.5, 0.6) is 0 Å². The molecule has 4 nitrogen and oxygen atoms in total. The molecule has 64 valence electrons. The van der Waals surface area contributed by atoms with Crippen molar-refractivity contribution < 1.29 is 8.42 Å². The Morgan fingerprint density at radius 2 is 2.09 bits per heavy atom. The topological polar surface area (TPSA) is 58.5 Å². The van der Waals surface area contributed by atoms with Gasteiger partial charge >= 0.3 is 0 Å². The van der Waals surface area contributed by atoms with Gasteiger partial charge in [0.1, 0.15) is 0 Å². The highest BCUT2D eigenvalue weighted by atomic mass is 32.2. The fourth-order valence-corrected chi connectivity index (χ4v) is 0.848. The van der Waals surface area contributed by atoms with E-state index in [0.29, 0.717) is 0 Å². The summed E-state index contributed by atoms with van der Waals surface area (Å²) in [4.78, 5) is 2.06. The minimum Gasteiger partial charge on any atom is -0.206 e. The van der Waals surface area contributed by atoms with Crippen LogP contribution in [0.1, 0.15) is 19.8 Å². The molecule has 0 unspecified atom stereocenters. The highest BCUT2D eigenvalue weighted by Crippen LogP contribution is 2.42. The first kappa shape index (κ1) is 8.52. The van der Waals surface area contributed by atoms with Crippen molar-refractivity contribution in [2.24, 2.45) is 10.5 Å². The molecular formula is C6H12N2O2S. The van der Waals surface area contributed by atoms with Crippen LogP contribution in [0.15, 0.2) is 5.10 Å². The largest absolute Gasteiger partial charge is 0.244 e. The van der Waals surface area contributed by atoms with Gasteiger partial charge < -0.3 is 0 Å². The molecule has 0 aromatic rings. The van der Waals surface area contributed by atoms with Gasteiger partial charge in [0, 0.05) is 11.6 Å². The van der Waals surface area contributed by atoms with Gasteiger partial charge in [0.05, 0.1) is 6.26 Å². The molecule has 0 amide bonds. The number of nitrogens with one attached hydrogen (secondary N) is 1. The predicted octanol–water partition coefficient (Wildman–Crippen LogP) is 0.321. The molecule has 0 aromatic carbocycles. The minimum absolute atomic E-state index is 0.150. The average molecular weight is 176 g/mol. The zero-order valence-electron chi connectivity index (χ0n) is 6.66. The van der Waals surface area contributed by atoms with E-state index >= 15 is 0 Å². The zero-order chi connectivity index (χ0) is 8.54. The van der Waals surface area contributed by atoms with E-state index in [4.69, 9.17) is 0 Å². The molecule has 0 atom stereocenters. The fourth-order valence-electron chi connectivity index (χ4n) is 0.604. The highest BCUT2D eigenvalue weighted by molar-refractivity contribution is 7.88. The lowest BCUT2D eigenvalue weighted by molar-refractivity contribution is 0.590. The second-order valence-electron chi connectivity index (χ2n) is 3.28. The summed E-state index contributed by atoms with van der Waals surface area (Å²) in [6, 6.07) is 0. The molecule has 0 aliphatic heterocycles. The second kappa shape index (κ2) is 2.48. The van der Waals surface area contributed by atoms with Crippen molar-refractivity contribution in [1.29, 1.82) is 0 Å². The van der Waals surface area contributed by atoms with E-state index in [1.54, 1.807) is 6.21 Å². The number of nitrogens with zero attached hydrogens (tertiary/aromatic N) is 1. The van der Waals surface area contributed by atoms with Crippen molar-refractivity contribution in [2.45, 2.75) is 19.8 Å². The van der Waals surface area contributed by atoms with Crippen LogP contribution in [-0.2, 0) is 10.0 Å². The third-order valence-corrected chi connectivity index (χ3v) is 2.07. The number of hydrogen-bond donors (Lipinski definition) is 1. The Morgan fingerprint density at radius 1 is 1.55 bits per heavy atom. The summed E-state index contributed by atoms with van der Waals surface area (Å²) >= 11 is 0. The van der Waals surface area contributed by atoms with Gasteiger partial charge in [-0.25, -0.2) is 13.2 Å². The Hall–Kier alpha value is -0.580.